The molecule has 0 aliphatic carbocycles. The smallest absolute Gasteiger partial charge is 0.253 e. The fourth-order valence-corrected chi connectivity index (χ4v) is 1.58. The predicted molar refractivity (Wildman–Crippen MR) is 77.8 cm³/mol. The van der Waals surface area contributed by atoms with Crippen LogP contribution in [0.25, 0.3) is 0 Å². The van der Waals surface area contributed by atoms with Gasteiger partial charge in [-0.1, -0.05) is 26.0 Å². The van der Waals surface area contributed by atoms with Crippen LogP contribution in [0.4, 0.5) is 5.69 Å². The van der Waals surface area contributed by atoms with Crippen molar-refractivity contribution in [2.45, 2.75) is 39.8 Å². The van der Waals surface area contributed by atoms with Crippen LogP contribution in [-0.2, 0) is 16.1 Å². The highest BCUT2D eigenvalue weighted by atomic mass is 16.5. The summed E-state index contributed by atoms with van der Waals surface area (Å²) in [5.74, 6) is 0.453. The number of amides is 1. The Morgan fingerprint density at radius 2 is 2.11 bits per heavy atom. The van der Waals surface area contributed by atoms with Gasteiger partial charge in [-0.2, -0.15) is 0 Å². The monoisotopic (exact) mass is 264 g/mol. The van der Waals surface area contributed by atoms with Gasteiger partial charge in [0.25, 0.3) is 5.91 Å². The van der Waals surface area contributed by atoms with Crippen molar-refractivity contribution in [3.63, 3.8) is 0 Å². The molecule has 4 nitrogen and oxygen atoms in total. The number of carbonyl (C=O) groups is 1. The molecule has 1 aromatic rings. The molecule has 0 aliphatic heterocycles. The van der Waals surface area contributed by atoms with E-state index in [0.717, 1.165) is 17.7 Å². The maximum atomic E-state index is 11.9. The van der Waals surface area contributed by atoms with E-state index in [1.807, 2.05) is 24.3 Å². The van der Waals surface area contributed by atoms with Crippen molar-refractivity contribution in [3.05, 3.63) is 29.8 Å². The number of nitrogens with two attached hydrogens (primary N) is 1. The molecule has 0 bridgehead atoms. The van der Waals surface area contributed by atoms with Gasteiger partial charge in [-0.05, 0) is 37.0 Å². The topological polar surface area (TPSA) is 64.3 Å². The number of carbonyl (C=O) groups excluding carboxylic acids is 1. The zero-order valence-corrected chi connectivity index (χ0v) is 12.0. The minimum Gasteiger partial charge on any atom is -0.369 e. The highest BCUT2D eigenvalue weighted by Gasteiger charge is 2.13. The van der Waals surface area contributed by atoms with Crippen molar-refractivity contribution in [3.8, 4) is 0 Å². The summed E-state index contributed by atoms with van der Waals surface area (Å²) in [6, 6.07) is 7.52. The molecule has 1 atom stereocenters. The average molecular weight is 264 g/mol. The number of rotatable bonds is 7. The van der Waals surface area contributed by atoms with Crippen LogP contribution in [0.2, 0.25) is 0 Å². The average Bonchev–Trinajstić information content (AvgIpc) is 2.38. The lowest BCUT2D eigenvalue weighted by atomic mass is 10.1. The first kappa shape index (κ1) is 15.7. The Bertz CT molecular complexity index is 405. The minimum absolute atomic E-state index is 0.127. The first-order valence-corrected chi connectivity index (χ1v) is 6.74. The molecule has 0 heterocycles. The van der Waals surface area contributed by atoms with Crippen molar-refractivity contribution in [1.82, 2.24) is 0 Å². The number of nitrogens with one attached hydrogen (secondary N) is 1. The van der Waals surface area contributed by atoms with Crippen LogP contribution in [0, 0.1) is 5.92 Å². The van der Waals surface area contributed by atoms with Crippen LogP contribution in [0.1, 0.15) is 32.8 Å². The van der Waals surface area contributed by atoms with Crippen molar-refractivity contribution in [2.24, 2.45) is 11.7 Å². The van der Waals surface area contributed by atoms with Crippen LogP contribution in [0.3, 0.4) is 0 Å². The second-order valence-corrected chi connectivity index (χ2v) is 5.09. The standard InChI is InChI=1S/C15H24N2O2/c1-11(2)7-8-19-12(3)15(18)17-14-6-4-5-13(9-14)10-16/h4-6,9,11-12H,7-8,10,16H2,1-3H3,(H,17,18). The Balaban J connectivity index is 2.44. The first-order chi connectivity index (χ1) is 9.02. The van der Waals surface area contributed by atoms with E-state index in [2.05, 4.69) is 19.2 Å². The lowest BCUT2D eigenvalue weighted by Gasteiger charge is -2.14. The molecule has 3 N–H and O–H groups in total. The third-order valence-electron chi connectivity index (χ3n) is 2.86. The van der Waals surface area contributed by atoms with Gasteiger partial charge in [0.05, 0.1) is 0 Å². The Morgan fingerprint density at radius 1 is 1.37 bits per heavy atom. The minimum atomic E-state index is -0.444. The molecule has 1 rings (SSSR count). The lowest BCUT2D eigenvalue weighted by Crippen LogP contribution is -2.28. The van der Waals surface area contributed by atoms with Crippen molar-refractivity contribution in [1.29, 1.82) is 0 Å². The third kappa shape index (κ3) is 5.85. The molecule has 0 saturated carbocycles. The largest absolute Gasteiger partial charge is 0.369 e. The molecule has 1 unspecified atom stereocenters. The van der Waals surface area contributed by atoms with E-state index in [9.17, 15) is 4.79 Å². The molecular weight excluding hydrogens is 240 g/mol. The zero-order valence-electron chi connectivity index (χ0n) is 12.0. The Kier molecular flexibility index (Phi) is 6.53. The molecule has 4 heteroatoms. The van der Waals surface area contributed by atoms with Gasteiger partial charge in [-0.15, -0.1) is 0 Å². The van der Waals surface area contributed by atoms with E-state index in [1.165, 1.54) is 0 Å². The molecule has 19 heavy (non-hydrogen) atoms. The SMILES string of the molecule is CC(C)CCOC(C)C(=O)Nc1cccc(CN)c1. The highest BCUT2D eigenvalue weighted by molar-refractivity contribution is 5.93. The van der Waals surface area contributed by atoms with Gasteiger partial charge in [0.2, 0.25) is 0 Å². The second-order valence-electron chi connectivity index (χ2n) is 5.09. The normalized spacial score (nSPS) is 12.5. The lowest BCUT2D eigenvalue weighted by molar-refractivity contribution is -0.126. The molecule has 1 amide bonds. The number of ether oxygens (including phenoxy) is 1. The Morgan fingerprint density at radius 3 is 2.74 bits per heavy atom. The summed E-state index contributed by atoms with van der Waals surface area (Å²) in [6.07, 6.45) is 0.514. The summed E-state index contributed by atoms with van der Waals surface area (Å²) in [4.78, 5) is 11.9. The van der Waals surface area contributed by atoms with Crippen LogP contribution in [0.5, 0.6) is 0 Å². The van der Waals surface area contributed by atoms with Gasteiger partial charge in [0.1, 0.15) is 6.10 Å². The van der Waals surface area contributed by atoms with Crippen molar-refractivity contribution >= 4 is 11.6 Å². The molecule has 0 saturated heterocycles. The molecule has 1 aromatic carbocycles. The summed E-state index contributed by atoms with van der Waals surface area (Å²) in [6.45, 7) is 7.10. The molecule has 0 spiro atoms. The summed E-state index contributed by atoms with van der Waals surface area (Å²) in [5, 5.41) is 2.84. The van der Waals surface area contributed by atoms with Crippen molar-refractivity contribution < 1.29 is 9.53 Å². The predicted octanol–water partition coefficient (Wildman–Crippen LogP) is 2.54. The first-order valence-electron chi connectivity index (χ1n) is 6.74. The van der Waals surface area contributed by atoms with Crippen LogP contribution in [0.15, 0.2) is 24.3 Å². The van der Waals surface area contributed by atoms with Gasteiger partial charge in [0.15, 0.2) is 0 Å². The Labute approximate surface area is 115 Å². The van der Waals surface area contributed by atoms with Gasteiger partial charge in [0, 0.05) is 18.8 Å². The van der Waals surface area contributed by atoms with Crippen LogP contribution >= 0.6 is 0 Å². The molecule has 106 valence electrons. The molecule has 0 aliphatic rings. The maximum Gasteiger partial charge on any atom is 0.253 e. The molecular formula is C15H24N2O2. The second kappa shape index (κ2) is 7.92. The Hall–Kier alpha value is -1.39. The number of hydrogen-bond acceptors (Lipinski definition) is 3. The molecule has 0 radical (unpaired) electrons. The van der Waals surface area contributed by atoms with Crippen LogP contribution < -0.4 is 11.1 Å². The quantitative estimate of drug-likeness (QED) is 0.795. The van der Waals surface area contributed by atoms with Crippen LogP contribution in [-0.4, -0.2) is 18.6 Å². The maximum absolute atomic E-state index is 11.9. The summed E-state index contributed by atoms with van der Waals surface area (Å²) < 4.78 is 5.51. The molecule has 0 aromatic heterocycles. The zero-order chi connectivity index (χ0) is 14.3. The number of hydrogen-bond donors (Lipinski definition) is 2. The van der Waals surface area contributed by atoms with Gasteiger partial charge in [-0.3, -0.25) is 4.79 Å². The van der Waals surface area contributed by atoms with E-state index < -0.39 is 6.10 Å². The van der Waals surface area contributed by atoms with E-state index in [1.54, 1.807) is 6.92 Å². The van der Waals surface area contributed by atoms with Gasteiger partial charge < -0.3 is 15.8 Å². The fraction of sp³-hybridized carbons (Fsp3) is 0.533. The summed E-state index contributed by atoms with van der Waals surface area (Å²) in [7, 11) is 0. The van der Waals surface area contributed by atoms with E-state index in [0.29, 0.717) is 19.1 Å². The summed E-state index contributed by atoms with van der Waals surface area (Å²) in [5.41, 5.74) is 7.31. The van der Waals surface area contributed by atoms with Gasteiger partial charge >= 0.3 is 0 Å². The van der Waals surface area contributed by atoms with Gasteiger partial charge in [-0.25, -0.2) is 0 Å². The molecule has 0 fully saturated rings. The summed E-state index contributed by atoms with van der Waals surface area (Å²) >= 11 is 0. The van der Waals surface area contributed by atoms with Crippen molar-refractivity contribution in [2.75, 3.05) is 11.9 Å². The van der Waals surface area contributed by atoms with E-state index in [4.69, 9.17) is 10.5 Å². The number of benzene rings is 1. The highest BCUT2D eigenvalue weighted by Crippen LogP contribution is 2.11. The van der Waals surface area contributed by atoms with E-state index >= 15 is 0 Å². The fourth-order valence-electron chi connectivity index (χ4n) is 1.58. The third-order valence-corrected chi connectivity index (χ3v) is 2.86. The van der Waals surface area contributed by atoms with E-state index in [-0.39, 0.29) is 5.91 Å². The number of anilines is 1.